The second-order valence-corrected chi connectivity index (χ2v) is 4.25. The van der Waals surface area contributed by atoms with Crippen molar-refractivity contribution in [2.45, 2.75) is 26.7 Å². The molecule has 0 amide bonds. The molecule has 98 valence electrons. The van der Waals surface area contributed by atoms with E-state index in [0.29, 0.717) is 24.5 Å². The highest BCUT2D eigenvalue weighted by Gasteiger charge is 2.06. The van der Waals surface area contributed by atoms with Gasteiger partial charge in [0, 0.05) is 12.0 Å². The molecule has 2 nitrogen and oxygen atoms in total. The maximum Gasteiger partial charge on any atom is 0.165 e. The Morgan fingerprint density at radius 1 is 1.44 bits per heavy atom. The van der Waals surface area contributed by atoms with E-state index in [-0.39, 0.29) is 18.2 Å². The molecule has 1 unspecified atom stereocenters. The fourth-order valence-electron chi connectivity index (χ4n) is 1.26. The van der Waals surface area contributed by atoms with Crippen LogP contribution in [0.15, 0.2) is 18.2 Å². The Kier molecular flexibility index (Phi) is 6.24. The molecule has 0 saturated heterocycles. The first kappa shape index (κ1) is 14.5. The maximum atomic E-state index is 13.5. The zero-order valence-corrected chi connectivity index (χ0v) is 10.9. The predicted octanol–water partition coefficient (Wildman–Crippen LogP) is 2.98. The summed E-state index contributed by atoms with van der Waals surface area (Å²) in [7, 11) is 0. The minimum Gasteiger partial charge on any atom is -0.490 e. The molecule has 1 aromatic rings. The Balaban J connectivity index is 2.72. The quantitative estimate of drug-likeness (QED) is 0.814. The van der Waals surface area contributed by atoms with E-state index >= 15 is 0 Å². The molecule has 0 fully saturated rings. The average molecular weight is 250 g/mol. The molecule has 0 aliphatic heterocycles. The first-order valence-corrected chi connectivity index (χ1v) is 6.19. The number of rotatable bonds is 5. The first-order chi connectivity index (χ1) is 8.67. The van der Waals surface area contributed by atoms with Gasteiger partial charge in [-0.2, -0.15) is 0 Å². The Hall–Kier alpha value is -1.53. The van der Waals surface area contributed by atoms with Gasteiger partial charge in [-0.3, -0.25) is 0 Å². The predicted molar refractivity (Wildman–Crippen MR) is 69.9 cm³/mol. The van der Waals surface area contributed by atoms with Crippen molar-refractivity contribution in [3.8, 4) is 17.6 Å². The van der Waals surface area contributed by atoms with Crippen molar-refractivity contribution in [1.29, 1.82) is 0 Å². The summed E-state index contributed by atoms with van der Waals surface area (Å²) in [6.45, 7) is 4.66. The third-order valence-corrected chi connectivity index (χ3v) is 2.62. The summed E-state index contributed by atoms with van der Waals surface area (Å²) >= 11 is 0. The van der Waals surface area contributed by atoms with Crippen molar-refractivity contribution >= 4 is 0 Å². The largest absolute Gasteiger partial charge is 0.490 e. The van der Waals surface area contributed by atoms with Gasteiger partial charge in [0.05, 0.1) is 13.2 Å². The number of aliphatic hydroxyl groups is 1. The normalized spacial score (nSPS) is 11.6. The van der Waals surface area contributed by atoms with Crippen LogP contribution in [0.1, 0.15) is 32.3 Å². The van der Waals surface area contributed by atoms with E-state index in [1.165, 1.54) is 6.07 Å². The van der Waals surface area contributed by atoms with Gasteiger partial charge in [0.15, 0.2) is 11.6 Å². The number of benzene rings is 1. The fourth-order valence-corrected chi connectivity index (χ4v) is 1.26. The highest BCUT2D eigenvalue weighted by molar-refractivity contribution is 5.40. The molecule has 0 saturated carbocycles. The zero-order valence-electron chi connectivity index (χ0n) is 10.9. The number of hydrogen-bond donors (Lipinski definition) is 1. The zero-order chi connectivity index (χ0) is 13.4. The summed E-state index contributed by atoms with van der Waals surface area (Å²) in [6.07, 6.45) is 1.41. The SMILES string of the molecule is CCC(C)COc1cc(C#CCCO)ccc1F. The highest BCUT2D eigenvalue weighted by Crippen LogP contribution is 2.19. The third kappa shape index (κ3) is 4.77. The summed E-state index contributed by atoms with van der Waals surface area (Å²) < 4.78 is 18.9. The van der Waals surface area contributed by atoms with Crippen LogP contribution in [0.3, 0.4) is 0 Å². The van der Waals surface area contributed by atoms with Gasteiger partial charge < -0.3 is 9.84 Å². The second-order valence-electron chi connectivity index (χ2n) is 4.25. The van der Waals surface area contributed by atoms with Crippen LogP contribution in [-0.4, -0.2) is 18.3 Å². The molecule has 1 rings (SSSR count). The van der Waals surface area contributed by atoms with Crippen LogP contribution in [0.4, 0.5) is 4.39 Å². The molecule has 18 heavy (non-hydrogen) atoms. The van der Waals surface area contributed by atoms with Crippen molar-refractivity contribution < 1.29 is 14.2 Å². The van der Waals surface area contributed by atoms with E-state index in [4.69, 9.17) is 9.84 Å². The molecule has 1 aromatic carbocycles. The monoisotopic (exact) mass is 250 g/mol. The summed E-state index contributed by atoms with van der Waals surface area (Å²) in [5, 5.41) is 8.63. The van der Waals surface area contributed by atoms with E-state index in [0.717, 1.165) is 6.42 Å². The van der Waals surface area contributed by atoms with Gasteiger partial charge in [-0.25, -0.2) is 4.39 Å². The fraction of sp³-hybridized carbons (Fsp3) is 0.467. The minimum atomic E-state index is -0.369. The van der Waals surface area contributed by atoms with Crippen LogP contribution in [0.25, 0.3) is 0 Å². The van der Waals surface area contributed by atoms with Gasteiger partial charge in [-0.1, -0.05) is 32.1 Å². The molecule has 1 N–H and O–H groups in total. The molecule has 0 aliphatic rings. The number of ether oxygens (including phenoxy) is 1. The lowest BCUT2D eigenvalue weighted by Crippen LogP contribution is -2.08. The highest BCUT2D eigenvalue weighted by atomic mass is 19.1. The Morgan fingerprint density at radius 2 is 2.22 bits per heavy atom. The van der Waals surface area contributed by atoms with Crippen LogP contribution in [0, 0.1) is 23.6 Å². The van der Waals surface area contributed by atoms with Crippen LogP contribution < -0.4 is 4.74 Å². The summed E-state index contributed by atoms with van der Waals surface area (Å²) in [6, 6.07) is 4.56. The van der Waals surface area contributed by atoms with Gasteiger partial charge in [0.25, 0.3) is 0 Å². The van der Waals surface area contributed by atoms with Crippen LogP contribution in [0.2, 0.25) is 0 Å². The Labute approximate surface area is 108 Å². The van der Waals surface area contributed by atoms with Crippen LogP contribution >= 0.6 is 0 Å². The lowest BCUT2D eigenvalue weighted by Gasteiger charge is -2.11. The third-order valence-electron chi connectivity index (χ3n) is 2.62. The van der Waals surface area contributed by atoms with Crippen molar-refractivity contribution in [3.63, 3.8) is 0 Å². The molecular weight excluding hydrogens is 231 g/mol. The Morgan fingerprint density at radius 3 is 2.89 bits per heavy atom. The second kappa shape index (κ2) is 7.73. The lowest BCUT2D eigenvalue weighted by atomic mass is 10.1. The van der Waals surface area contributed by atoms with Gasteiger partial charge >= 0.3 is 0 Å². The van der Waals surface area contributed by atoms with Gasteiger partial charge in [-0.05, 0) is 24.1 Å². The van der Waals surface area contributed by atoms with Crippen molar-refractivity contribution in [1.82, 2.24) is 0 Å². The van der Waals surface area contributed by atoms with Gasteiger partial charge in [-0.15, -0.1) is 0 Å². The van der Waals surface area contributed by atoms with Crippen molar-refractivity contribution in [2.24, 2.45) is 5.92 Å². The minimum absolute atomic E-state index is 0.0333. The molecule has 0 spiro atoms. The Bertz CT molecular complexity index is 432. The summed E-state index contributed by atoms with van der Waals surface area (Å²) in [5.74, 6) is 5.92. The maximum absolute atomic E-state index is 13.5. The van der Waals surface area contributed by atoms with E-state index in [1.807, 2.05) is 0 Å². The first-order valence-electron chi connectivity index (χ1n) is 6.19. The number of hydrogen-bond acceptors (Lipinski definition) is 2. The van der Waals surface area contributed by atoms with Crippen LogP contribution in [0.5, 0.6) is 5.75 Å². The molecule has 0 aliphatic carbocycles. The van der Waals surface area contributed by atoms with Crippen molar-refractivity contribution in [3.05, 3.63) is 29.6 Å². The molecule has 0 radical (unpaired) electrons. The molecule has 0 bridgehead atoms. The van der Waals surface area contributed by atoms with Crippen molar-refractivity contribution in [2.75, 3.05) is 13.2 Å². The molecular formula is C15H19FO2. The molecule has 0 heterocycles. The molecule has 0 aromatic heterocycles. The van der Waals surface area contributed by atoms with E-state index < -0.39 is 0 Å². The lowest BCUT2D eigenvalue weighted by molar-refractivity contribution is 0.246. The number of aliphatic hydroxyl groups excluding tert-OH is 1. The molecule has 1 atom stereocenters. The average Bonchev–Trinajstić information content (AvgIpc) is 2.39. The standard InChI is InChI=1S/C15H19FO2/c1-3-12(2)11-18-15-10-13(6-4-5-9-17)7-8-14(15)16/h7-8,10,12,17H,3,5,9,11H2,1-2H3. The number of halogens is 1. The van der Waals surface area contributed by atoms with Gasteiger partial charge in [0.1, 0.15) is 0 Å². The molecule has 3 heteroatoms. The van der Waals surface area contributed by atoms with Gasteiger partial charge in [0.2, 0.25) is 0 Å². The summed E-state index contributed by atoms with van der Waals surface area (Å²) in [5.41, 5.74) is 0.698. The van der Waals surface area contributed by atoms with E-state index in [9.17, 15) is 4.39 Å². The van der Waals surface area contributed by atoms with E-state index in [1.54, 1.807) is 12.1 Å². The van der Waals surface area contributed by atoms with Crippen LogP contribution in [-0.2, 0) is 0 Å². The topological polar surface area (TPSA) is 29.5 Å². The van der Waals surface area contributed by atoms with E-state index in [2.05, 4.69) is 25.7 Å². The summed E-state index contributed by atoms with van der Waals surface area (Å²) in [4.78, 5) is 0. The smallest absolute Gasteiger partial charge is 0.165 e.